The van der Waals surface area contributed by atoms with Gasteiger partial charge in [-0.25, -0.2) is 0 Å². The molecular formula is C18H22O2. The first kappa shape index (κ1) is 16.0. The number of hydrogen-bond donors (Lipinski definition) is 0. The number of ether oxygens (including phenoxy) is 1. The number of rotatable bonds is 3. The first-order valence-corrected chi connectivity index (χ1v) is 7.08. The van der Waals surface area contributed by atoms with Crippen molar-refractivity contribution in [1.29, 1.82) is 0 Å². The van der Waals surface area contributed by atoms with E-state index in [4.69, 9.17) is 4.74 Å². The third-order valence-electron chi connectivity index (χ3n) is 2.83. The van der Waals surface area contributed by atoms with Crippen LogP contribution in [0.3, 0.4) is 0 Å². The molecule has 0 aromatic heterocycles. The van der Waals surface area contributed by atoms with Gasteiger partial charge in [0, 0.05) is 12.0 Å². The largest absolute Gasteiger partial charge is 0.426 e. The van der Waals surface area contributed by atoms with Crippen molar-refractivity contribution in [3.05, 3.63) is 54.1 Å². The van der Waals surface area contributed by atoms with Crippen LogP contribution in [-0.4, -0.2) is 5.97 Å². The van der Waals surface area contributed by atoms with Crippen molar-refractivity contribution in [1.82, 2.24) is 0 Å². The highest BCUT2D eigenvalue weighted by Crippen LogP contribution is 2.32. The maximum Gasteiger partial charge on any atom is 0.310 e. The van der Waals surface area contributed by atoms with Crippen molar-refractivity contribution in [2.45, 2.75) is 34.1 Å². The summed E-state index contributed by atoms with van der Waals surface area (Å²) in [6.07, 6.45) is 0.377. The van der Waals surface area contributed by atoms with Crippen molar-refractivity contribution < 1.29 is 9.53 Å². The molecule has 0 amide bonds. The van der Waals surface area contributed by atoms with Crippen LogP contribution in [0.2, 0.25) is 0 Å². The Morgan fingerprint density at radius 3 is 2.10 bits per heavy atom. The van der Waals surface area contributed by atoms with Crippen molar-refractivity contribution in [3.63, 3.8) is 0 Å². The normalized spacial score (nSPS) is 9.40. The Balaban J connectivity index is 0.000000956. The summed E-state index contributed by atoms with van der Waals surface area (Å²) in [4.78, 5) is 11.4. The van der Waals surface area contributed by atoms with E-state index in [9.17, 15) is 4.79 Å². The third-order valence-corrected chi connectivity index (χ3v) is 2.83. The second-order valence-electron chi connectivity index (χ2n) is 4.14. The molecule has 0 aliphatic heterocycles. The number of aryl methyl sites for hydroxylation is 1. The minimum Gasteiger partial charge on any atom is -0.426 e. The predicted octanol–water partition coefficient (Wildman–Crippen LogP) is 5.00. The molecule has 0 saturated heterocycles. The summed E-state index contributed by atoms with van der Waals surface area (Å²) in [5, 5.41) is 0. The zero-order chi connectivity index (χ0) is 15.0. The molecule has 2 rings (SSSR count). The average Bonchev–Trinajstić information content (AvgIpc) is 2.50. The number of para-hydroxylation sites is 1. The van der Waals surface area contributed by atoms with E-state index in [0.29, 0.717) is 12.2 Å². The van der Waals surface area contributed by atoms with Crippen LogP contribution < -0.4 is 4.74 Å². The fourth-order valence-corrected chi connectivity index (χ4v) is 1.85. The highest BCUT2D eigenvalue weighted by molar-refractivity contribution is 5.78. The van der Waals surface area contributed by atoms with E-state index in [2.05, 4.69) is 0 Å². The molecule has 2 aromatic carbocycles. The van der Waals surface area contributed by atoms with Crippen LogP contribution in [0.4, 0.5) is 0 Å². The van der Waals surface area contributed by atoms with Gasteiger partial charge in [-0.3, -0.25) is 4.79 Å². The molecule has 0 N–H and O–H groups in total. The minimum atomic E-state index is -0.212. The molecule has 2 nitrogen and oxygen atoms in total. The van der Waals surface area contributed by atoms with Gasteiger partial charge in [-0.2, -0.15) is 0 Å². The molecular weight excluding hydrogens is 248 g/mol. The SMILES string of the molecule is CC.CCC(=O)Oc1ccccc1-c1ccccc1C. The smallest absolute Gasteiger partial charge is 0.310 e. The van der Waals surface area contributed by atoms with Gasteiger partial charge in [0.15, 0.2) is 0 Å². The van der Waals surface area contributed by atoms with E-state index in [1.165, 1.54) is 0 Å². The molecule has 106 valence electrons. The third kappa shape index (κ3) is 3.95. The topological polar surface area (TPSA) is 26.3 Å². The molecule has 2 heteroatoms. The predicted molar refractivity (Wildman–Crippen MR) is 83.9 cm³/mol. The molecule has 0 fully saturated rings. The fraction of sp³-hybridized carbons (Fsp3) is 0.278. The Morgan fingerprint density at radius 2 is 1.50 bits per heavy atom. The van der Waals surface area contributed by atoms with Gasteiger partial charge >= 0.3 is 5.97 Å². The van der Waals surface area contributed by atoms with Gasteiger partial charge in [-0.15, -0.1) is 0 Å². The minimum absolute atomic E-state index is 0.212. The fourth-order valence-electron chi connectivity index (χ4n) is 1.85. The Kier molecular flexibility index (Phi) is 6.51. The van der Waals surface area contributed by atoms with Crippen LogP contribution in [0.5, 0.6) is 5.75 Å². The molecule has 0 saturated carbocycles. The molecule has 0 atom stereocenters. The second-order valence-corrected chi connectivity index (χ2v) is 4.14. The van der Waals surface area contributed by atoms with Gasteiger partial charge in [-0.05, 0) is 24.1 Å². The quantitative estimate of drug-likeness (QED) is 0.579. The molecule has 0 bridgehead atoms. The van der Waals surface area contributed by atoms with Crippen LogP contribution in [-0.2, 0) is 4.79 Å². The van der Waals surface area contributed by atoms with E-state index >= 15 is 0 Å². The van der Waals surface area contributed by atoms with Crippen LogP contribution >= 0.6 is 0 Å². The molecule has 0 unspecified atom stereocenters. The van der Waals surface area contributed by atoms with Gasteiger partial charge in [0.2, 0.25) is 0 Å². The van der Waals surface area contributed by atoms with Gasteiger partial charge in [0.25, 0.3) is 0 Å². The Labute approximate surface area is 121 Å². The number of esters is 1. The Bertz CT molecular complexity index is 559. The van der Waals surface area contributed by atoms with Crippen LogP contribution in [0, 0.1) is 6.92 Å². The lowest BCUT2D eigenvalue weighted by Gasteiger charge is -2.11. The van der Waals surface area contributed by atoms with Crippen molar-refractivity contribution in [2.24, 2.45) is 0 Å². The Morgan fingerprint density at radius 1 is 0.950 bits per heavy atom. The molecule has 0 aliphatic rings. The zero-order valence-corrected chi connectivity index (χ0v) is 12.6. The van der Waals surface area contributed by atoms with Gasteiger partial charge in [0.1, 0.15) is 5.75 Å². The monoisotopic (exact) mass is 270 g/mol. The maximum absolute atomic E-state index is 11.4. The molecule has 0 heterocycles. The zero-order valence-electron chi connectivity index (χ0n) is 12.6. The van der Waals surface area contributed by atoms with Crippen LogP contribution in [0.1, 0.15) is 32.8 Å². The number of benzene rings is 2. The second kappa shape index (κ2) is 8.16. The summed E-state index contributed by atoms with van der Waals surface area (Å²) in [5.74, 6) is 0.412. The lowest BCUT2D eigenvalue weighted by molar-refractivity contribution is -0.133. The van der Waals surface area contributed by atoms with E-state index < -0.39 is 0 Å². The van der Waals surface area contributed by atoms with Gasteiger partial charge in [-0.1, -0.05) is 63.2 Å². The van der Waals surface area contributed by atoms with Crippen molar-refractivity contribution >= 4 is 5.97 Å². The molecule has 2 aromatic rings. The standard InChI is InChI=1S/C16H16O2.C2H6/c1-3-16(17)18-15-11-7-6-10-14(15)13-9-5-4-8-12(13)2;1-2/h4-11H,3H2,1-2H3;1-2H3. The van der Waals surface area contributed by atoms with E-state index in [1.807, 2.05) is 69.3 Å². The molecule has 0 radical (unpaired) electrons. The molecule has 20 heavy (non-hydrogen) atoms. The molecule has 0 spiro atoms. The lowest BCUT2D eigenvalue weighted by Crippen LogP contribution is -2.06. The summed E-state index contributed by atoms with van der Waals surface area (Å²) in [5.41, 5.74) is 3.21. The van der Waals surface area contributed by atoms with Crippen molar-refractivity contribution in [2.75, 3.05) is 0 Å². The van der Waals surface area contributed by atoms with E-state index in [-0.39, 0.29) is 5.97 Å². The van der Waals surface area contributed by atoms with E-state index in [0.717, 1.165) is 16.7 Å². The summed E-state index contributed by atoms with van der Waals surface area (Å²) >= 11 is 0. The molecule has 0 aliphatic carbocycles. The summed E-state index contributed by atoms with van der Waals surface area (Å²) < 4.78 is 5.37. The lowest BCUT2D eigenvalue weighted by atomic mass is 10.00. The van der Waals surface area contributed by atoms with Gasteiger partial charge in [0.05, 0.1) is 0 Å². The number of carbonyl (C=O) groups excluding carboxylic acids is 1. The highest BCUT2D eigenvalue weighted by Gasteiger charge is 2.10. The summed E-state index contributed by atoms with van der Waals surface area (Å²) in [6, 6.07) is 15.7. The van der Waals surface area contributed by atoms with Crippen LogP contribution in [0.15, 0.2) is 48.5 Å². The van der Waals surface area contributed by atoms with Crippen LogP contribution in [0.25, 0.3) is 11.1 Å². The maximum atomic E-state index is 11.4. The van der Waals surface area contributed by atoms with Gasteiger partial charge < -0.3 is 4.74 Å². The number of hydrogen-bond acceptors (Lipinski definition) is 2. The number of carbonyl (C=O) groups is 1. The first-order valence-electron chi connectivity index (χ1n) is 7.08. The Hall–Kier alpha value is -2.09. The van der Waals surface area contributed by atoms with E-state index in [1.54, 1.807) is 6.92 Å². The average molecular weight is 270 g/mol. The first-order chi connectivity index (χ1) is 9.72. The van der Waals surface area contributed by atoms with Crippen molar-refractivity contribution in [3.8, 4) is 16.9 Å². The summed E-state index contributed by atoms with van der Waals surface area (Å²) in [7, 11) is 0. The summed E-state index contributed by atoms with van der Waals surface area (Å²) in [6.45, 7) is 7.84. The highest BCUT2D eigenvalue weighted by atomic mass is 16.5.